The van der Waals surface area contributed by atoms with Crippen molar-refractivity contribution in [3.8, 4) is 0 Å². The summed E-state index contributed by atoms with van der Waals surface area (Å²) in [7, 11) is 0. The van der Waals surface area contributed by atoms with E-state index in [0.717, 1.165) is 0 Å². The van der Waals surface area contributed by atoms with Crippen LogP contribution >= 0.6 is 0 Å². The molecule has 0 aliphatic heterocycles. The van der Waals surface area contributed by atoms with E-state index >= 15 is 0 Å². The van der Waals surface area contributed by atoms with Crippen LogP contribution in [0, 0.1) is 11.8 Å². The Kier molecular flexibility index (Phi) is 7.31. The van der Waals surface area contributed by atoms with Crippen LogP contribution in [0.5, 0.6) is 0 Å². The lowest BCUT2D eigenvalue weighted by Gasteiger charge is -2.30. The van der Waals surface area contributed by atoms with Crippen molar-refractivity contribution >= 4 is 17.9 Å². The molecule has 0 spiro atoms. The van der Waals surface area contributed by atoms with Crippen molar-refractivity contribution in [2.24, 2.45) is 17.6 Å². The van der Waals surface area contributed by atoms with Gasteiger partial charge in [-0.15, -0.1) is 0 Å². The van der Waals surface area contributed by atoms with Crippen LogP contribution in [0.2, 0.25) is 0 Å². The molecule has 126 valence electrons. The van der Waals surface area contributed by atoms with E-state index in [1.165, 1.54) is 0 Å². The summed E-state index contributed by atoms with van der Waals surface area (Å²) < 4.78 is 10.1. The van der Waals surface area contributed by atoms with Crippen molar-refractivity contribution in [1.29, 1.82) is 0 Å². The molecule has 1 saturated carbocycles. The highest BCUT2D eigenvalue weighted by Crippen LogP contribution is 2.31. The first kappa shape index (κ1) is 18.4. The monoisotopic (exact) mass is 315 g/mol. The Bertz CT molecular complexity index is 403. The van der Waals surface area contributed by atoms with Gasteiger partial charge in [-0.05, 0) is 31.6 Å². The molecule has 0 aromatic heterocycles. The molecule has 0 saturated heterocycles. The van der Waals surface area contributed by atoms with Crippen molar-refractivity contribution in [2.75, 3.05) is 0 Å². The van der Waals surface area contributed by atoms with Gasteiger partial charge in [0.25, 0.3) is 0 Å². The molecule has 1 rings (SSSR count). The average Bonchev–Trinajstić information content (AvgIpc) is 2.53. The van der Waals surface area contributed by atoms with Crippen molar-refractivity contribution in [1.82, 2.24) is 0 Å². The highest BCUT2D eigenvalue weighted by molar-refractivity contribution is 5.76. The number of nitrogens with two attached hydrogens (primary N) is 1. The first-order valence-electron chi connectivity index (χ1n) is 7.77. The molecule has 22 heavy (non-hydrogen) atoms. The normalized spacial score (nSPS) is 24.1. The lowest BCUT2D eigenvalue weighted by Crippen LogP contribution is -2.43. The largest absolute Gasteiger partial charge is 0.481 e. The van der Waals surface area contributed by atoms with Gasteiger partial charge in [-0.3, -0.25) is 14.4 Å². The number of hydrogen-bond donors (Lipinski definition) is 2. The lowest BCUT2D eigenvalue weighted by atomic mass is 9.79. The van der Waals surface area contributed by atoms with Crippen LogP contribution in [0.1, 0.15) is 52.4 Å². The second-order valence-electron chi connectivity index (χ2n) is 5.59. The minimum Gasteiger partial charge on any atom is -0.481 e. The number of ether oxygens (including phenoxy) is 2. The fourth-order valence-corrected chi connectivity index (χ4v) is 2.55. The summed E-state index contributed by atoms with van der Waals surface area (Å²) in [6.45, 7) is 3.40. The van der Waals surface area contributed by atoms with Crippen molar-refractivity contribution in [2.45, 2.75) is 64.7 Å². The van der Waals surface area contributed by atoms with Gasteiger partial charge < -0.3 is 20.3 Å². The Hall–Kier alpha value is -1.63. The van der Waals surface area contributed by atoms with Crippen LogP contribution in [0.4, 0.5) is 0 Å². The fraction of sp³-hybridized carbons (Fsp3) is 0.800. The molecule has 2 atom stereocenters. The van der Waals surface area contributed by atoms with Crippen molar-refractivity contribution < 1.29 is 29.0 Å². The summed E-state index contributed by atoms with van der Waals surface area (Å²) in [6, 6.07) is -0.816. The predicted molar refractivity (Wildman–Crippen MR) is 77.6 cm³/mol. The van der Waals surface area contributed by atoms with Crippen LogP contribution in [0.15, 0.2) is 0 Å². The molecule has 0 radical (unpaired) electrons. The Morgan fingerprint density at radius 3 is 2.18 bits per heavy atom. The molecule has 0 bridgehead atoms. The maximum absolute atomic E-state index is 12.0. The molecule has 0 aromatic carbocycles. The van der Waals surface area contributed by atoms with Gasteiger partial charge in [0.2, 0.25) is 6.29 Å². The summed E-state index contributed by atoms with van der Waals surface area (Å²) in [6.07, 6.45) is 1.85. The molecule has 7 nitrogen and oxygen atoms in total. The molecule has 0 amide bonds. The predicted octanol–water partition coefficient (Wildman–Crippen LogP) is 1.44. The number of aliphatic carboxylic acids is 1. The third-order valence-corrected chi connectivity index (χ3v) is 4.03. The molecular weight excluding hydrogens is 290 g/mol. The zero-order valence-electron chi connectivity index (χ0n) is 13.1. The van der Waals surface area contributed by atoms with Gasteiger partial charge in [-0.2, -0.15) is 0 Å². The third kappa shape index (κ3) is 5.29. The van der Waals surface area contributed by atoms with Gasteiger partial charge in [0, 0.05) is 12.8 Å². The van der Waals surface area contributed by atoms with Gasteiger partial charge in [0.15, 0.2) is 0 Å². The summed E-state index contributed by atoms with van der Waals surface area (Å²) in [4.78, 5) is 34.2. The summed E-state index contributed by atoms with van der Waals surface area (Å²) in [5.74, 6) is -2.28. The fourth-order valence-electron chi connectivity index (χ4n) is 2.55. The molecule has 0 aromatic rings. The summed E-state index contributed by atoms with van der Waals surface area (Å²) >= 11 is 0. The Labute approximate surface area is 130 Å². The summed E-state index contributed by atoms with van der Waals surface area (Å²) in [5.41, 5.74) is 5.92. The van der Waals surface area contributed by atoms with Gasteiger partial charge >= 0.3 is 17.9 Å². The maximum atomic E-state index is 12.0. The van der Waals surface area contributed by atoms with Crippen LogP contribution in [0.25, 0.3) is 0 Å². The minimum atomic E-state index is -0.915. The molecule has 0 heterocycles. The third-order valence-electron chi connectivity index (χ3n) is 4.03. The van der Waals surface area contributed by atoms with Gasteiger partial charge in [-0.1, -0.05) is 13.8 Å². The first-order valence-corrected chi connectivity index (χ1v) is 7.77. The Morgan fingerprint density at radius 2 is 1.73 bits per heavy atom. The number of carboxylic acids is 1. The van der Waals surface area contributed by atoms with E-state index < -0.39 is 30.2 Å². The topological polar surface area (TPSA) is 116 Å². The van der Waals surface area contributed by atoms with E-state index in [2.05, 4.69) is 0 Å². The molecule has 2 unspecified atom stereocenters. The van der Waals surface area contributed by atoms with Crippen LogP contribution < -0.4 is 5.73 Å². The van der Waals surface area contributed by atoms with Crippen LogP contribution in [-0.2, 0) is 23.9 Å². The van der Waals surface area contributed by atoms with Crippen LogP contribution in [0.3, 0.4) is 0 Å². The zero-order chi connectivity index (χ0) is 16.7. The second kappa shape index (κ2) is 8.73. The molecular formula is C15H25NO6. The van der Waals surface area contributed by atoms with E-state index in [1.54, 1.807) is 13.8 Å². The zero-order valence-corrected chi connectivity index (χ0v) is 13.1. The van der Waals surface area contributed by atoms with E-state index in [-0.39, 0.29) is 18.3 Å². The molecule has 7 heteroatoms. The number of esters is 2. The number of carboxylic acid groups (broad SMARTS) is 1. The second-order valence-corrected chi connectivity index (χ2v) is 5.59. The minimum absolute atomic E-state index is 0.0949. The van der Waals surface area contributed by atoms with E-state index in [0.29, 0.717) is 32.1 Å². The van der Waals surface area contributed by atoms with Gasteiger partial charge in [-0.25, -0.2) is 0 Å². The average molecular weight is 315 g/mol. The van der Waals surface area contributed by atoms with Crippen molar-refractivity contribution in [3.05, 3.63) is 0 Å². The lowest BCUT2D eigenvalue weighted by molar-refractivity contribution is -0.190. The maximum Gasteiger partial charge on any atom is 0.326 e. The van der Waals surface area contributed by atoms with Crippen LogP contribution in [-0.4, -0.2) is 35.3 Å². The Morgan fingerprint density at radius 1 is 1.14 bits per heavy atom. The van der Waals surface area contributed by atoms with Crippen molar-refractivity contribution in [3.63, 3.8) is 0 Å². The van der Waals surface area contributed by atoms with Gasteiger partial charge in [0.1, 0.15) is 6.04 Å². The molecule has 1 aliphatic carbocycles. The van der Waals surface area contributed by atoms with E-state index in [1.807, 2.05) is 0 Å². The first-order chi connectivity index (χ1) is 10.4. The number of carbonyl (C=O) groups is 3. The number of hydrogen-bond acceptors (Lipinski definition) is 6. The molecule has 1 aliphatic rings. The number of rotatable bonds is 7. The smallest absolute Gasteiger partial charge is 0.326 e. The van der Waals surface area contributed by atoms with E-state index in [9.17, 15) is 14.4 Å². The molecule has 3 N–H and O–H groups in total. The summed E-state index contributed by atoms with van der Waals surface area (Å²) in [5, 5.41) is 8.96. The quantitative estimate of drug-likeness (QED) is 0.539. The SMILES string of the molecule is CCC(=O)OC(CC)OC(=O)C(N)C1CCC(C(=O)O)CC1. The van der Waals surface area contributed by atoms with E-state index in [4.69, 9.17) is 20.3 Å². The Balaban J connectivity index is 2.47. The highest BCUT2D eigenvalue weighted by Gasteiger charge is 2.33. The molecule has 1 fully saturated rings. The highest BCUT2D eigenvalue weighted by atomic mass is 16.7. The number of carbonyl (C=O) groups excluding carboxylic acids is 2. The van der Waals surface area contributed by atoms with Gasteiger partial charge in [0.05, 0.1) is 5.92 Å². The standard InChI is InChI=1S/C15H25NO6/c1-3-11(17)21-12(4-2)22-15(20)13(16)9-5-7-10(8-6-9)14(18)19/h9-10,12-13H,3-8,16H2,1-2H3,(H,18,19).